The Balaban J connectivity index is 1.57. The fraction of sp³-hybridized carbons (Fsp3) is 0.316. The first-order chi connectivity index (χ1) is 15.3. The van der Waals surface area contributed by atoms with E-state index in [9.17, 15) is 24.8 Å². The predicted molar refractivity (Wildman–Crippen MR) is 114 cm³/mol. The number of nitriles is 1. The van der Waals surface area contributed by atoms with Crippen molar-refractivity contribution in [1.29, 1.82) is 5.26 Å². The van der Waals surface area contributed by atoms with Crippen molar-refractivity contribution in [3.63, 3.8) is 0 Å². The van der Waals surface area contributed by atoms with Crippen LogP contribution in [-0.2, 0) is 21.4 Å². The van der Waals surface area contributed by atoms with Gasteiger partial charge in [0, 0.05) is 17.2 Å². The van der Waals surface area contributed by atoms with Crippen LogP contribution < -0.4 is 5.32 Å². The van der Waals surface area contributed by atoms with Gasteiger partial charge in [-0.25, -0.2) is 9.48 Å². The number of benzene rings is 1. The molecule has 0 spiro atoms. The first kappa shape index (κ1) is 21.8. The van der Waals surface area contributed by atoms with Crippen LogP contribution in [0.5, 0.6) is 0 Å². The molecule has 32 heavy (non-hydrogen) atoms. The number of hydrogen-bond donors (Lipinski definition) is 2. The lowest BCUT2D eigenvalue weighted by Gasteiger charge is -2.50. The molecule has 4 rings (SSSR count). The topological polar surface area (TPSA) is 154 Å². The highest BCUT2D eigenvalue weighted by molar-refractivity contribution is 8.06. The van der Waals surface area contributed by atoms with Crippen LogP contribution in [0, 0.1) is 11.3 Å². The average molecular weight is 472 g/mol. The van der Waals surface area contributed by atoms with E-state index in [1.807, 2.05) is 13.0 Å². The highest BCUT2D eigenvalue weighted by Gasteiger charge is 2.56. The van der Waals surface area contributed by atoms with E-state index in [4.69, 9.17) is 0 Å². The van der Waals surface area contributed by atoms with Crippen molar-refractivity contribution in [2.24, 2.45) is 7.05 Å². The molecular weight excluding hydrogens is 454 g/mol. The van der Waals surface area contributed by atoms with E-state index in [1.165, 1.54) is 21.3 Å². The molecule has 0 saturated carbocycles. The molecule has 164 valence electrons. The first-order valence-corrected chi connectivity index (χ1v) is 11.2. The second-order valence-corrected chi connectivity index (χ2v) is 9.51. The Morgan fingerprint density at radius 3 is 2.66 bits per heavy atom. The SMILES string of the molecule is CC1S[C@@H]2C(NC(=O)C(C#N)c3ccccc3)C(=O)N2C(C(=O)O)=C1Sc1nnnn1C. The quantitative estimate of drug-likeness (QED) is 0.575. The van der Waals surface area contributed by atoms with Gasteiger partial charge in [-0.15, -0.1) is 16.9 Å². The Labute approximate surface area is 190 Å². The molecule has 1 fully saturated rings. The van der Waals surface area contributed by atoms with Crippen LogP contribution in [0.2, 0.25) is 0 Å². The summed E-state index contributed by atoms with van der Waals surface area (Å²) in [7, 11) is 1.63. The number of fused-ring (bicyclic) bond motifs is 1. The summed E-state index contributed by atoms with van der Waals surface area (Å²) in [4.78, 5) is 39.3. The molecule has 0 aliphatic carbocycles. The smallest absolute Gasteiger partial charge is 0.353 e. The number of carboxylic acids is 1. The van der Waals surface area contributed by atoms with Gasteiger partial charge < -0.3 is 10.4 Å². The highest BCUT2D eigenvalue weighted by atomic mass is 32.2. The zero-order valence-corrected chi connectivity index (χ0v) is 18.5. The minimum absolute atomic E-state index is 0.148. The van der Waals surface area contributed by atoms with Gasteiger partial charge in [0.2, 0.25) is 11.1 Å². The highest BCUT2D eigenvalue weighted by Crippen LogP contribution is 2.48. The summed E-state index contributed by atoms with van der Waals surface area (Å²) >= 11 is 2.44. The number of aliphatic carboxylic acids is 1. The summed E-state index contributed by atoms with van der Waals surface area (Å²) in [5.74, 6) is -3.47. The van der Waals surface area contributed by atoms with E-state index < -0.39 is 35.1 Å². The molecule has 1 aromatic heterocycles. The van der Waals surface area contributed by atoms with Gasteiger partial charge in [-0.05, 0) is 34.7 Å². The number of thioether (sulfide) groups is 2. The maximum Gasteiger partial charge on any atom is 0.353 e. The van der Waals surface area contributed by atoms with Gasteiger partial charge >= 0.3 is 5.97 Å². The van der Waals surface area contributed by atoms with E-state index in [2.05, 4.69) is 20.8 Å². The summed E-state index contributed by atoms with van der Waals surface area (Å²) in [5.41, 5.74) is 0.368. The molecule has 2 aliphatic rings. The number of hydrogen-bond acceptors (Lipinski definition) is 9. The number of nitrogens with zero attached hydrogens (tertiary/aromatic N) is 6. The van der Waals surface area contributed by atoms with Gasteiger partial charge in [0.15, 0.2) is 0 Å². The third kappa shape index (κ3) is 3.71. The Hall–Kier alpha value is -3.37. The second-order valence-electron chi connectivity index (χ2n) is 7.04. The lowest BCUT2D eigenvalue weighted by atomic mass is 9.98. The van der Waals surface area contributed by atoms with Crippen LogP contribution in [0.4, 0.5) is 0 Å². The molecule has 4 atom stereocenters. The predicted octanol–water partition coefficient (Wildman–Crippen LogP) is 0.694. The monoisotopic (exact) mass is 471 g/mol. The molecule has 3 unspecified atom stereocenters. The Morgan fingerprint density at radius 1 is 1.34 bits per heavy atom. The summed E-state index contributed by atoms with van der Waals surface area (Å²) in [6.07, 6.45) is 0. The van der Waals surface area contributed by atoms with E-state index in [-0.39, 0.29) is 10.9 Å². The summed E-state index contributed by atoms with van der Waals surface area (Å²) in [6.45, 7) is 1.82. The third-order valence-corrected chi connectivity index (χ3v) is 7.89. The van der Waals surface area contributed by atoms with Crippen molar-refractivity contribution < 1.29 is 19.5 Å². The van der Waals surface area contributed by atoms with Crippen molar-refractivity contribution in [3.8, 4) is 6.07 Å². The molecule has 2 amide bonds. The van der Waals surface area contributed by atoms with Crippen LogP contribution in [0.1, 0.15) is 18.4 Å². The fourth-order valence-electron chi connectivity index (χ4n) is 3.47. The normalized spacial score (nSPS) is 23.1. The molecule has 13 heteroatoms. The molecular formula is C19H17N7O4S2. The van der Waals surface area contributed by atoms with Gasteiger partial charge in [-0.3, -0.25) is 14.5 Å². The fourth-order valence-corrected chi connectivity index (χ4v) is 6.00. The lowest BCUT2D eigenvalue weighted by molar-refractivity contribution is -0.150. The second kappa shape index (κ2) is 8.64. The number of tetrazole rings is 1. The number of carboxylic acid groups (broad SMARTS) is 1. The standard InChI is InChI=1S/C19H17N7O4S2/c1-9-14(32-19-22-23-24-25(19)2)13(18(29)30)26-16(28)12(17(26)31-9)21-15(27)11(8-20)10-6-4-3-5-7-10/h3-7,9,11-12,17H,1-2H3,(H,21,27)(H,29,30)/t9?,11?,12?,17-/m1/s1. The Morgan fingerprint density at radius 2 is 2.06 bits per heavy atom. The molecule has 0 bridgehead atoms. The molecule has 11 nitrogen and oxygen atoms in total. The van der Waals surface area contributed by atoms with Crippen molar-refractivity contribution >= 4 is 41.3 Å². The molecule has 2 N–H and O–H groups in total. The number of aryl methyl sites for hydroxylation is 1. The zero-order chi connectivity index (χ0) is 23.0. The molecule has 3 heterocycles. The van der Waals surface area contributed by atoms with Crippen LogP contribution in [0.3, 0.4) is 0 Å². The van der Waals surface area contributed by atoms with Crippen LogP contribution in [0.15, 0.2) is 46.1 Å². The van der Waals surface area contributed by atoms with E-state index >= 15 is 0 Å². The Bertz CT molecular complexity index is 1160. The summed E-state index contributed by atoms with van der Waals surface area (Å²) in [5, 5.41) is 32.6. The maximum absolute atomic E-state index is 12.9. The van der Waals surface area contributed by atoms with Gasteiger partial charge in [0.1, 0.15) is 23.0 Å². The number of aromatic nitrogens is 4. The van der Waals surface area contributed by atoms with Crippen LogP contribution >= 0.6 is 23.5 Å². The number of rotatable bonds is 6. The van der Waals surface area contributed by atoms with Crippen LogP contribution in [0.25, 0.3) is 0 Å². The summed E-state index contributed by atoms with van der Waals surface area (Å²) in [6, 6.07) is 9.57. The number of nitrogens with one attached hydrogen (secondary N) is 1. The number of carbonyl (C=O) groups excluding carboxylic acids is 2. The zero-order valence-electron chi connectivity index (χ0n) is 16.9. The van der Waals surface area contributed by atoms with E-state index in [1.54, 1.807) is 37.4 Å². The van der Waals surface area contributed by atoms with Gasteiger partial charge in [-0.1, -0.05) is 30.3 Å². The first-order valence-electron chi connectivity index (χ1n) is 9.44. The average Bonchev–Trinajstić information content (AvgIpc) is 3.18. The number of β-lactam (4-membered cyclic amide) rings is 1. The van der Waals surface area contributed by atoms with Gasteiger partial charge in [-0.2, -0.15) is 5.26 Å². The van der Waals surface area contributed by atoms with E-state index in [0.29, 0.717) is 15.6 Å². The van der Waals surface area contributed by atoms with Crippen molar-refractivity contribution in [3.05, 3.63) is 46.5 Å². The largest absolute Gasteiger partial charge is 0.477 e. The van der Waals surface area contributed by atoms with Crippen molar-refractivity contribution in [2.45, 2.75) is 34.7 Å². The lowest BCUT2D eigenvalue weighted by Crippen LogP contribution is -2.71. The molecule has 1 saturated heterocycles. The third-order valence-electron chi connectivity index (χ3n) is 5.04. The van der Waals surface area contributed by atoms with Crippen LogP contribution in [-0.4, -0.2) is 64.7 Å². The molecule has 2 aliphatic heterocycles. The molecule has 0 radical (unpaired) electrons. The molecule has 2 aromatic rings. The number of carbonyl (C=O) groups is 3. The maximum atomic E-state index is 12.9. The van der Waals surface area contributed by atoms with Crippen molar-refractivity contribution in [2.75, 3.05) is 0 Å². The minimum atomic E-state index is -1.25. The van der Waals surface area contributed by atoms with E-state index in [0.717, 1.165) is 11.8 Å². The van der Waals surface area contributed by atoms with Gasteiger partial charge in [0.05, 0.1) is 6.07 Å². The molecule has 1 aromatic carbocycles. The number of amides is 2. The summed E-state index contributed by atoms with van der Waals surface area (Å²) < 4.78 is 1.41. The van der Waals surface area contributed by atoms with Crippen molar-refractivity contribution in [1.82, 2.24) is 30.4 Å². The van der Waals surface area contributed by atoms with Gasteiger partial charge in [0.25, 0.3) is 5.91 Å². The Kier molecular flexibility index (Phi) is 5.90. The minimum Gasteiger partial charge on any atom is -0.477 e.